The Kier molecular flexibility index (Phi) is 5.22. The highest BCUT2D eigenvalue weighted by Gasteiger charge is 2.35. The van der Waals surface area contributed by atoms with E-state index in [1.807, 2.05) is 76.2 Å². The number of benzene rings is 2. The van der Waals surface area contributed by atoms with Crippen molar-refractivity contribution in [3.63, 3.8) is 0 Å². The number of hydrogen-bond acceptors (Lipinski definition) is 2. The summed E-state index contributed by atoms with van der Waals surface area (Å²) in [6.45, 7) is 8.24. The van der Waals surface area contributed by atoms with Gasteiger partial charge in [-0.2, -0.15) is 0 Å². The van der Waals surface area contributed by atoms with Gasteiger partial charge in [0.25, 0.3) is 0 Å². The van der Waals surface area contributed by atoms with Crippen molar-refractivity contribution in [1.82, 2.24) is 10.2 Å². The monoisotopic (exact) mass is 365 g/mol. The fraction of sp³-hybridized carbons (Fsp3) is 0.364. The maximum atomic E-state index is 13.0. The van der Waals surface area contributed by atoms with Crippen molar-refractivity contribution in [2.45, 2.75) is 52.2 Å². The molecular weight excluding hydrogens is 338 g/mol. The second-order valence-electron chi connectivity index (χ2n) is 8.15. The number of nitrogens with zero attached hydrogens (tertiary/aromatic N) is 1. The smallest absolute Gasteiger partial charge is 0.322 e. The molecule has 2 aromatic rings. The lowest BCUT2D eigenvalue weighted by atomic mass is 9.93. The molecule has 142 valence electrons. The molecule has 0 bridgehead atoms. The Bertz CT molecular complexity index is 837. The van der Waals surface area contributed by atoms with E-state index in [2.05, 4.69) is 10.6 Å². The fourth-order valence-corrected chi connectivity index (χ4v) is 3.26. The Labute approximate surface area is 160 Å². The molecule has 3 amide bonds. The van der Waals surface area contributed by atoms with Crippen molar-refractivity contribution in [3.05, 3.63) is 65.2 Å². The third kappa shape index (κ3) is 4.67. The Morgan fingerprint density at radius 2 is 1.63 bits per heavy atom. The second kappa shape index (κ2) is 7.43. The molecule has 1 atom stereocenters. The lowest BCUT2D eigenvalue weighted by Gasteiger charge is -2.37. The standard InChI is InChI=1S/C22H27N3O2/c1-15-9-11-18(12-10-15)23-21(27)25-14-17-8-6-5-7-16(17)13-19(25)20(26)24-22(2,3)4/h5-12,19H,13-14H2,1-4H3,(H,23,27)(H,24,26)/t19-/m0/s1. The first-order valence-corrected chi connectivity index (χ1v) is 9.26. The first-order chi connectivity index (χ1) is 12.7. The predicted molar refractivity (Wildman–Crippen MR) is 108 cm³/mol. The van der Waals surface area contributed by atoms with E-state index >= 15 is 0 Å². The number of aryl methyl sites for hydroxylation is 1. The number of amides is 3. The van der Waals surface area contributed by atoms with E-state index < -0.39 is 6.04 Å². The molecule has 5 nitrogen and oxygen atoms in total. The van der Waals surface area contributed by atoms with Gasteiger partial charge in [0.15, 0.2) is 0 Å². The van der Waals surface area contributed by atoms with Gasteiger partial charge >= 0.3 is 6.03 Å². The highest BCUT2D eigenvalue weighted by atomic mass is 16.2. The van der Waals surface area contributed by atoms with Crippen LogP contribution < -0.4 is 10.6 Å². The summed E-state index contributed by atoms with van der Waals surface area (Å²) in [4.78, 5) is 27.5. The van der Waals surface area contributed by atoms with Crippen molar-refractivity contribution in [3.8, 4) is 0 Å². The van der Waals surface area contributed by atoms with Crippen LogP contribution in [0.1, 0.15) is 37.5 Å². The van der Waals surface area contributed by atoms with Gasteiger partial charge in [0.1, 0.15) is 6.04 Å². The molecule has 0 unspecified atom stereocenters. The van der Waals surface area contributed by atoms with Crippen LogP contribution in [0.3, 0.4) is 0 Å². The lowest BCUT2D eigenvalue weighted by Crippen LogP contribution is -2.56. The van der Waals surface area contributed by atoms with Crippen LogP contribution in [-0.4, -0.2) is 28.4 Å². The summed E-state index contributed by atoms with van der Waals surface area (Å²) in [6.07, 6.45) is 0.513. The number of carbonyl (C=O) groups is 2. The molecule has 5 heteroatoms. The van der Waals surface area contributed by atoms with Crippen LogP contribution >= 0.6 is 0 Å². The van der Waals surface area contributed by atoms with Gasteiger partial charge in [-0.3, -0.25) is 4.79 Å². The Hall–Kier alpha value is -2.82. The van der Waals surface area contributed by atoms with Crippen LogP contribution in [0, 0.1) is 6.92 Å². The van der Waals surface area contributed by atoms with E-state index in [0.717, 1.165) is 22.4 Å². The van der Waals surface area contributed by atoms with Gasteiger partial charge in [0, 0.05) is 24.2 Å². The number of fused-ring (bicyclic) bond motifs is 1. The van der Waals surface area contributed by atoms with Crippen LogP contribution in [0.15, 0.2) is 48.5 Å². The molecule has 0 aliphatic carbocycles. The summed E-state index contributed by atoms with van der Waals surface area (Å²) in [5.41, 5.74) is 3.69. The van der Waals surface area contributed by atoms with E-state index in [4.69, 9.17) is 0 Å². The van der Waals surface area contributed by atoms with Gasteiger partial charge in [-0.1, -0.05) is 42.0 Å². The number of urea groups is 1. The van der Waals surface area contributed by atoms with Gasteiger partial charge in [-0.25, -0.2) is 4.79 Å². The molecule has 1 aliphatic rings. The van der Waals surface area contributed by atoms with E-state index in [9.17, 15) is 9.59 Å². The van der Waals surface area contributed by atoms with Crippen molar-refractivity contribution < 1.29 is 9.59 Å². The summed E-state index contributed by atoms with van der Waals surface area (Å²) in [5.74, 6) is -0.129. The molecule has 0 spiro atoms. The van der Waals surface area contributed by atoms with E-state index in [1.165, 1.54) is 0 Å². The summed E-state index contributed by atoms with van der Waals surface area (Å²) >= 11 is 0. The van der Waals surface area contributed by atoms with Gasteiger partial charge < -0.3 is 15.5 Å². The number of rotatable bonds is 2. The van der Waals surface area contributed by atoms with Crippen molar-refractivity contribution in [2.24, 2.45) is 0 Å². The average Bonchev–Trinajstić information content (AvgIpc) is 2.61. The molecule has 0 fully saturated rings. The molecular formula is C22H27N3O2. The number of nitrogens with one attached hydrogen (secondary N) is 2. The highest BCUT2D eigenvalue weighted by molar-refractivity contribution is 5.94. The predicted octanol–water partition coefficient (Wildman–Crippen LogP) is 3.87. The quantitative estimate of drug-likeness (QED) is 0.849. The molecule has 0 aromatic heterocycles. The molecule has 27 heavy (non-hydrogen) atoms. The Morgan fingerprint density at radius 3 is 2.26 bits per heavy atom. The topological polar surface area (TPSA) is 61.4 Å². The molecule has 2 N–H and O–H groups in total. The first kappa shape index (κ1) is 19.0. The molecule has 1 heterocycles. The van der Waals surface area contributed by atoms with Gasteiger partial charge in [0.2, 0.25) is 5.91 Å². The summed E-state index contributed by atoms with van der Waals surface area (Å²) in [7, 11) is 0. The Morgan fingerprint density at radius 1 is 1.00 bits per heavy atom. The van der Waals surface area contributed by atoms with E-state index in [0.29, 0.717) is 13.0 Å². The van der Waals surface area contributed by atoms with Crippen LogP contribution in [0.4, 0.5) is 10.5 Å². The van der Waals surface area contributed by atoms with E-state index in [1.54, 1.807) is 4.90 Å². The van der Waals surface area contributed by atoms with Crippen LogP contribution in [0.25, 0.3) is 0 Å². The molecule has 0 saturated carbocycles. The summed E-state index contributed by atoms with van der Waals surface area (Å²) in [6, 6.07) is 14.8. The second-order valence-corrected chi connectivity index (χ2v) is 8.15. The maximum absolute atomic E-state index is 13.0. The first-order valence-electron chi connectivity index (χ1n) is 9.26. The zero-order chi connectivity index (χ0) is 19.6. The fourth-order valence-electron chi connectivity index (χ4n) is 3.26. The van der Waals surface area contributed by atoms with Gasteiger partial charge in [-0.05, 0) is 51.0 Å². The van der Waals surface area contributed by atoms with Crippen LogP contribution in [-0.2, 0) is 17.8 Å². The number of carbonyl (C=O) groups excluding carboxylic acids is 2. The molecule has 2 aromatic carbocycles. The normalized spacial score (nSPS) is 16.4. The highest BCUT2D eigenvalue weighted by Crippen LogP contribution is 2.25. The minimum Gasteiger partial charge on any atom is -0.350 e. The van der Waals surface area contributed by atoms with Crippen molar-refractivity contribution >= 4 is 17.6 Å². The summed E-state index contributed by atoms with van der Waals surface area (Å²) in [5, 5.41) is 5.94. The van der Waals surface area contributed by atoms with Crippen LogP contribution in [0.2, 0.25) is 0 Å². The van der Waals surface area contributed by atoms with Gasteiger partial charge in [0.05, 0.1) is 0 Å². The maximum Gasteiger partial charge on any atom is 0.322 e. The average molecular weight is 365 g/mol. The van der Waals surface area contributed by atoms with Crippen LogP contribution in [0.5, 0.6) is 0 Å². The zero-order valence-corrected chi connectivity index (χ0v) is 16.4. The third-order valence-electron chi connectivity index (χ3n) is 4.61. The Balaban J connectivity index is 1.85. The minimum absolute atomic E-state index is 0.129. The largest absolute Gasteiger partial charge is 0.350 e. The SMILES string of the molecule is Cc1ccc(NC(=O)N2Cc3ccccc3C[C@H]2C(=O)NC(C)(C)C)cc1. The van der Waals surface area contributed by atoms with Crippen molar-refractivity contribution in [2.75, 3.05) is 5.32 Å². The lowest BCUT2D eigenvalue weighted by molar-refractivity contribution is -0.127. The minimum atomic E-state index is -0.537. The number of anilines is 1. The van der Waals surface area contributed by atoms with E-state index in [-0.39, 0.29) is 17.5 Å². The third-order valence-corrected chi connectivity index (χ3v) is 4.61. The molecule has 0 radical (unpaired) electrons. The molecule has 3 rings (SSSR count). The number of hydrogen-bond donors (Lipinski definition) is 2. The van der Waals surface area contributed by atoms with Gasteiger partial charge in [-0.15, -0.1) is 0 Å². The summed E-state index contributed by atoms with van der Waals surface area (Å²) < 4.78 is 0. The molecule has 1 aliphatic heterocycles. The zero-order valence-electron chi connectivity index (χ0n) is 16.4. The van der Waals surface area contributed by atoms with Crippen molar-refractivity contribution in [1.29, 1.82) is 0 Å². The molecule has 0 saturated heterocycles.